The zero-order valence-corrected chi connectivity index (χ0v) is 15.7. The van der Waals surface area contributed by atoms with Crippen LogP contribution in [0.15, 0.2) is 34.3 Å². The molecule has 1 aromatic heterocycles. The standard InChI is InChI=1S/C17H21N5OS2/c1-11-8-9-21(13-4-2-3-5-14(13)25-11)15(23)10-24-17-20-19-16(22(17)18)12-6-7-12/h2-5,11-12H,6-10,18H2,1H3/t11-/m1/s1. The first-order chi connectivity index (χ1) is 12.1. The van der Waals surface area contributed by atoms with Crippen molar-refractivity contribution in [3.8, 4) is 0 Å². The molecule has 6 nitrogen and oxygen atoms in total. The summed E-state index contributed by atoms with van der Waals surface area (Å²) in [5.41, 5.74) is 1.01. The molecule has 0 bridgehead atoms. The molecule has 2 heterocycles. The van der Waals surface area contributed by atoms with Crippen LogP contribution in [0.1, 0.15) is 37.9 Å². The van der Waals surface area contributed by atoms with E-state index >= 15 is 0 Å². The number of anilines is 1. The molecule has 132 valence electrons. The summed E-state index contributed by atoms with van der Waals surface area (Å²) < 4.78 is 1.55. The fraction of sp³-hybridized carbons (Fsp3) is 0.471. The Labute approximate surface area is 155 Å². The second-order valence-corrected chi connectivity index (χ2v) is 8.93. The molecule has 1 aliphatic heterocycles. The molecule has 0 saturated heterocycles. The predicted molar refractivity (Wildman–Crippen MR) is 102 cm³/mol. The van der Waals surface area contributed by atoms with E-state index in [1.165, 1.54) is 16.7 Å². The van der Waals surface area contributed by atoms with Crippen molar-refractivity contribution < 1.29 is 4.79 Å². The number of amides is 1. The number of carbonyl (C=O) groups is 1. The van der Waals surface area contributed by atoms with Crippen LogP contribution in [0.25, 0.3) is 0 Å². The van der Waals surface area contributed by atoms with Crippen LogP contribution in [-0.2, 0) is 4.79 Å². The van der Waals surface area contributed by atoms with E-state index in [1.807, 2.05) is 34.9 Å². The minimum Gasteiger partial charge on any atom is -0.336 e. The third kappa shape index (κ3) is 3.50. The highest BCUT2D eigenvalue weighted by Gasteiger charge is 2.30. The third-order valence-corrected chi connectivity index (χ3v) is 6.67. The number of carbonyl (C=O) groups excluding carboxylic acids is 1. The number of rotatable bonds is 4. The molecule has 2 aliphatic rings. The first-order valence-electron chi connectivity index (χ1n) is 8.52. The van der Waals surface area contributed by atoms with Crippen molar-refractivity contribution in [1.82, 2.24) is 14.9 Å². The van der Waals surface area contributed by atoms with Crippen LogP contribution in [0.3, 0.4) is 0 Å². The Morgan fingerprint density at radius 3 is 2.92 bits per heavy atom. The van der Waals surface area contributed by atoms with Crippen LogP contribution < -0.4 is 10.7 Å². The van der Waals surface area contributed by atoms with Crippen molar-refractivity contribution >= 4 is 35.1 Å². The fourth-order valence-electron chi connectivity index (χ4n) is 2.96. The second kappa shape index (κ2) is 6.92. The summed E-state index contributed by atoms with van der Waals surface area (Å²) in [7, 11) is 0. The van der Waals surface area contributed by atoms with E-state index in [4.69, 9.17) is 5.84 Å². The number of nitrogens with two attached hydrogens (primary N) is 1. The summed E-state index contributed by atoms with van der Waals surface area (Å²) in [4.78, 5) is 15.9. The number of fused-ring (bicyclic) bond motifs is 1. The summed E-state index contributed by atoms with van der Waals surface area (Å²) in [6, 6.07) is 8.13. The minimum atomic E-state index is 0.0862. The highest BCUT2D eigenvalue weighted by atomic mass is 32.2. The van der Waals surface area contributed by atoms with Crippen LogP contribution in [0.2, 0.25) is 0 Å². The third-order valence-electron chi connectivity index (χ3n) is 4.50. The molecule has 8 heteroatoms. The summed E-state index contributed by atoms with van der Waals surface area (Å²) in [6.45, 7) is 2.95. The lowest BCUT2D eigenvalue weighted by atomic mass is 10.2. The minimum absolute atomic E-state index is 0.0862. The molecule has 1 fully saturated rings. The number of nitrogens with zero attached hydrogens (tertiary/aromatic N) is 4. The van der Waals surface area contributed by atoms with E-state index < -0.39 is 0 Å². The lowest BCUT2D eigenvalue weighted by molar-refractivity contribution is -0.116. The molecule has 1 aliphatic carbocycles. The number of thioether (sulfide) groups is 2. The zero-order chi connectivity index (χ0) is 17.4. The quantitative estimate of drug-likeness (QED) is 0.654. The predicted octanol–water partition coefficient (Wildman–Crippen LogP) is 2.88. The summed E-state index contributed by atoms with van der Waals surface area (Å²) in [5.74, 6) is 7.75. The van der Waals surface area contributed by atoms with Crippen LogP contribution >= 0.6 is 23.5 Å². The van der Waals surface area contributed by atoms with Gasteiger partial charge in [0.1, 0.15) is 0 Å². The monoisotopic (exact) mass is 375 g/mol. The maximum Gasteiger partial charge on any atom is 0.237 e. The molecule has 0 spiro atoms. The molecule has 1 amide bonds. The Morgan fingerprint density at radius 2 is 2.12 bits per heavy atom. The number of hydrogen-bond acceptors (Lipinski definition) is 6. The normalized spacial score (nSPS) is 20.2. The van der Waals surface area contributed by atoms with Crippen molar-refractivity contribution in [2.24, 2.45) is 0 Å². The molecular formula is C17H21N5OS2. The highest BCUT2D eigenvalue weighted by molar-refractivity contribution is 8.00. The van der Waals surface area contributed by atoms with Crippen LogP contribution in [0.5, 0.6) is 0 Å². The number of para-hydroxylation sites is 1. The van der Waals surface area contributed by atoms with Gasteiger partial charge in [-0.2, -0.15) is 0 Å². The lowest BCUT2D eigenvalue weighted by Crippen LogP contribution is -2.33. The van der Waals surface area contributed by atoms with E-state index in [0.29, 0.717) is 22.1 Å². The molecule has 4 rings (SSSR count). The molecule has 1 saturated carbocycles. The van der Waals surface area contributed by atoms with Gasteiger partial charge in [-0.15, -0.1) is 22.0 Å². The van der Waals surface area contributed by atoms with Gasteiger partial charge < -0.3 is 10.7 Å². The molecule has 2 N–H and O–H groups in total. The van der Waals surface area contributed by atoms with Crippen LogP contribution in [0, 0.1) is 0 Å². The van der Waals surface area contributed by atoms with Gasteiger partial charge in [-0.05, 0) is 31.4 Å². The largest absolute Gasteiger partial charge is 0.336 e. The average molecular weight is 376 g/mol. The number of nitrogen functional groups attached to an aromatic ring is 1. The average Bonchev–Trinajstić information content (AvgIpc) is 3.39. The maximum absolute atomic E-state index is 12.9. The molecule has 0 unspecified atom stereocenters. The summed E-state index contributed by atoms with van der Waals surface area (Å²) >= 11 is 3.20. The van der Waals surface area contributed by atoms with Crippen molar-refractivity contribution in [2.45, 2.75) is 47.4 Å². The molecule has 1 aromatic carbocycles. The smallest absolute Gasteiger partial charge is 0.237 e. The van der Waals surface area contributed by atoms with Crippen molar-refractivity contribution in [3.05, 3.63) is 30.1 Å². The van der Waals surface area contributed by atoms with E-state index in [0.717, 1.165) is 37.3 Å². The molecule has 1 atom stereocenters. The number of benzene rings is 1. The van der Waals surface area contributed by atoms with Crippen molar-refractivity contribution in [1.29, 1.82) is 0 Å². The van der Waals surface area contributed by atoms with Gasteiger partial charge in [0.05, 0.1) is 11.4 Å². The summed E-state index contributed by atoms with van der Waals surface area (Å²) in [5, 5.41) is 9.42. The molecule has 0 radical (unpaired) electrons. The molecular weight excluding hydrogens is 354 g/mol. The number of hydrogen-bond donors (Lipinski definition) is 1. The fourth-order valence-corrected chi connectivity index (χ4v) is 4.81. The molecule has 25 heavy (non-hydrogen) atoms. The zero-order valence-electron chi connectivity index (χ0n) is 14.1. The Balaban J connectivity index is 1.47. The Kier molecular flexibility index (Phi) is 4.64. The highest BCUT2D eigenvalue weighted by Crippen LogP contribution is 2.40. The van der Waals surface area contributed by atoms with E-state index in [9.17, 15) is 4.79 Å². The van der Waals surface area contributed by atoms with Gasteiger partial charge in [0.2, 0.25) is 11.1 Å². The van der Waals surface area contributed by atoms with Gasteiger partial charge in [-0.3, -0.25) is 4.79 Å². The summed E-state index contributed by atoms with van der Waals surface area (Å²) in [6.07, 6.45) is 3.23. The second-order valence-electron chi connectivity index (χ2n) is 6.50. The van der Waals surface area contributed by atoms with Crippen LogP contribution in [-0.4, -0.2) is 38.3 Å². The van der Waals surface area contributed by atoms with Gasteiger partial charge in [0.25, 0.3) is 0 Å². The maximum atomic E-state index is 12.9. The van der Waals surface area contributed by atoms with Gasteiger partial charge >= 0.3 is 0 Å². The first kappa shape index (κ1) is 16.8. The van der Waals surface area contributed by atoms with Gasteiger partial charge in [-0.25, -0.2) is 4.68 Å². The van der Waals surface area contributed by atoms with Gasteiger partial charge in [0, 0.05) is 22.6 Å². The van der Waals surface area contributed by atoms with E-state index in [1.54, 1.807) is 4.68 Å². The van der Waals surface area contributed by atoms with E-state index in [-0.39, 0.29) is 5.91 Å². The van der Waals surface area contributed by atoms with Gasteiger partial charge in [-0.1, -0.05) is 30.8 Å². The Hall–Kier alpha value is -1.67. The van der Waals surface area contributed by atoms with E-state index in [2.05, 4.69) is 23.2 Å². The first-order valence-corrected chi connectivity index (χ1v) is 10.4. The lowest BCUT2D eigenvalue weighted by Gasteiger charge is -2.22. The van der Waals surface area contributed by atoms with Crippen molar-refractivity contribution in [2.75, 3.05) is 23.0 Å². The Morgan fingerprint density at radius 1 is 1.32 bits per heavy atom. The van der Waals surface area contributed by atoms with Crippen LogP contribution in [0.4, 0.5) is 5.69 Å². The Bertz CT molecular complexity index is 789. The topological polar surface area (TPSA) is 77.0 Å². The molecule has 2 aromatic rings. The van der Waals surface area contributed by atoms with Crippen molar-refractivity contribution in [3.63, 3.8) is 0 Å². The number of aromatic nitrogens is 3. The van der Waals surface area contributed by atoms with Gasteiger partial charge in [0.15, 0.2) is 5.82 Å². The SMILES string of the molecule is C[C@@H]1CCN(C(=O)CSc2nnc(C3CC3)n2N)c2ccccc2S1.